The SMILES string of the molecule is CN(C)[C@@H]1CCN(c2ccc(N)cc2[N+](=O)[O-])C1. The highest BCUT2D eigenvalue weighted by molar-refractivity contribution is 5.68. The second-order valence-electron chi connectivity index (χ2n) is 4.86. The Labute approximate surface area is 106 Å². The van der Waals surface area contributed by atoms with E-state index in [1.54, 1.807) is 12.1 Å². The third-order valence-electron chi connectivity index (χ3n) is 3.43. The minimum Gasteiger partial charge on any atom is -0.399 e. The molecule has 0 radical (unpaired) electrons. The van der Waals surface area contributed by atoms with E-state index in [1.165, 1.54) is 6.07 Å². The van der Waals surface area contributed by atoms with Crippen molar-refractivity contribution in [2.24, 2.45) is 0 Å². The maximum Gasteiger partial charge on any atom is 0.294 e. The van der Waals surface area contributed by atoms with Crippen molar-refractivity contribution in [1.29, 1.82) is 0 Å². The van der Waals surface area contributed by atoms with E-state index in [9.17, 15) is 10.1 Å². The third kappa shape index (κ3) is 2.38. The zero-order chi connectivity index (χ0) is 13.3. The molecule has 18 heavy (non-hydrogen) atoms. The molecule has 0 saturated carbocycles. The maximum absolute atomic E-state index is 11.1. The first kappa shape index (κ1) is 12.6. The van der Waals surface area contributed by atoms with Gasteiger partial charge in [-0.3, -0.25) is 10.1 Å². The van der Waals surface area contributed by atoms with Gasteiger partial charge in [-0.05, 0) is 32.6 Å². The van der Waals surface area contributed by atoms with Crippen LogP contribution in [0.15, 0.2) is 18.2 Å². The van der Waals surface area contributed by atoms with E-state index in [0.717, 1.165) is 19.5 Å². The lowest BCUT2D eigenvalue weighted by Crippen LogP contribution is -2.31. The number of hydrogen-bond donors (Lipinski definition) is 1. The number of likely N-dealkylation sites (N-methyl/N-ethyl adjacent to an activating group) is 1. The van der Waals surface area contributed by atoms with Crippen LogP contribution in [-0.4, -0.2) is 43.0 Å². The summed E-state index contributed by atoms with van der Waals surface area (Å²) in [6, 6.07) is 5.33. The Hall–Kier alpha value is -1.82. The molecule has 2 N–H and O–H groups in total. The summed E-state index contributed by atoms with van der Waals surface area (Å²) in [6.07, 6.45) is 1.02. The number of hydrogen-bond acceptors (Lipinski definition) is 5. The van der Waals surface area contributed by atoms with Gasteiger partial charge >= 0.3 is 0 Å². The Morgan fingerprint density at radius 1 is 1.50 bits per heavy atom. The quantitative estimate of drug-likeness (QED) is 0.497. The van der Waals surface area contributed by atoms with Crippen molar-refractivity contribution in [3.8, 4) is 0 Å². The summed E-state index contributed by atoms with van der Waals surface area (Å²) in [7, 11) is 4.07. The van der Waals surface area contributed by atoms with Crippen molar-refractivity contribution in [3.63, 3.8) is 0 Å². The van der Waals surface area contributed by atoms with Crippen LogP contribution in [0.1, 0.15) is 6.42 Å². The summed E-state index contributed by atoms with van der Waals surface area (Å²) < 4.78 is 0. The average Bonchev–Trinajstić information content (AvgIpc) is 2.78. The van der Waals surface area contributed by atoms with Crippen molar-refractivity contribution in [2.75, 3.05) is 37.8 Å². The lowest BCUT2D eigenvalue weighted by Gasteiger charge is -2.21. The first-order chi connectivity index (χ1) is 8.49. The summed E-state index contributed by atoms with van der Waals surface area (Å²) in [6.45, 7) is 1.66. The Morgan fingerprint density at radius 3 is 2.78 bits per heavy atom. The van der Waals surface area contributed by atoms with Gasteiger partial charge in [-0.1, -0.05) is 0 Å². The van der Waals surface area contributed by atoms with Crippen LogP contribution >= 0.6 is 0 Å². The fraction of sp³-hybridized carbons (Fsp3) is 0.500. The van der Waals surface area contributed by atoms with Crippen LogP contribution in [0.3, 0.4) is 0 Å². The molecule has 0 bridgehead atoms. The van der Waals surface area contributed by atoms with Crippen LogP contribution in [0.25, 0.3) is 0 Å². The van der Waals surface area contributed by atoms with E-state index in [0.29, 0.717) is 17.4 Å². The number of nitro groups is 1. The first-order valence-electron chi connectivity index (χ1n) is 5.94. The Balaban J connectivity index is 2.27. The van der Waals surface area contributed by atoms with Crippen molar-refractivity contribution < 1.29 is 4.92 Å². The molecule has 6 nitrogen and oxygen atoms in total. The Morgan fingerprint density at radius 2 is 2.22 bits per heavy atom. The maximum atomic E-state index is 11.1. The molecule has 0 aromatic heterocycles. The number of benzene rings is 1. The van der Waals surface area contributed by atoms with Crippen LogP contribution in [0, 0.1) is 10.1 Å². The highest BCUT2D eigenvalue weighted by Crippen LogP contribution is 2.32. The lowest BCUT2D eigenvalue weighted by molar-refractivity contribution is -0.384. The number of rotatable bonds is 3. The molecule has 98 valence electrons. The summed E-state index contributed by atoms with van der Waals surface area (Å²) in [4.78, 5) is 14.9. The van der Waals surface area contributed by atoms with Crippen LogP contribution < -0.4 is 10.6 Å². The average molecular weight is 250 g/mol. The van der Waals surface area contributed by atoms with E-state index >= 15 is 0 Å². The molecule has 1 aromatic carbocycles. The summed E-state index contributed by atoms with van der Waals surface area (Å²) in [5.41, 5.74) is 6.79. The van der Waals surface area contributed by atoms with Gasteiger partial charge in [-0.25, -0.2) is 0 Å². The minimum atomic E-state index is -0.366. The highest BCUT2D eigenvalue weighted by Gasteiger charge is 2.28. The van der Waals surface area contributed by atoms with Crippen LogP contribution in [-0.2, 0) is 0 Å². The van der Waals surface area contributed by atoms with Gasteiger partial charge in [-0.2, -0.15) is 0 Å². The molecule has 0 aliphatic carbocycles. The van der Waals surface area contributed by atoms with E-state index < -0.39 is 0 Å². The zero-order valence-corrected chi connectivity index (χ0v) is 10.7. The predicted octanol–water partition coefficient (Wildman–Crippen LogP) is 1.32. The van der Waals surface area contributed by atoms with Gasteiger partial charge in [0.25, 0.3) is 5.69 Å². The van der Waals surface area contributed by atoms with Crippen molar-refractivity contribution in [3.05, 3.63) is 28.3 Å². The van der Waals surface area contributed by atoms with Crippen molar-refractivity contribution in [1.82, 2.24) is 4.90 Å². The largest absolute Gasteiger partial charge is 0.399 e. The van der Waals surface area contributed by atoms with Crippen LogP contribution in [0.2, 0.25) is 0 Å². The van der Waals surface area contributed by atoms with Gasteiger partial charge in [0.05, 0.1) is 4.92 Å². The number of nitro benzene ring substituents is 1. The molecule has 1 saturated heterocycles. The molecule has 0 amide bonds. The molecular weight excluding hydrogens is 232 g/mol. The molecular formula is C12H18N4O2. The van der Waals surface area contributed by atoms with Gasteiger partial charge < -0.3 is 15.5 Å². The molecule has 1 fully saturated rings. The fourth-order valence-electron chi connectivity index (χ4n) is 2.34. The van der Waals surface area contributed by atoms with E-state index in [1.807, 2.05) is 14.1 Å². The smallest absolute Gasteiger partial charge is 0.294 e. The van der Waals surface area contributed by atoms with Crippen LogP contribution in [0.5, 0.6) is 0 Å². The van der Waals surface area contributed by atoms with Gasteiger partial charge in [-0.15, -0.1) is 0 Å². The van der Waals surface area contributed by atoms with E-state index in [-0.39, 0.29) is 10.6 Å². The second-order valence-corrected chi connectivity index (χ2v) is 4.86. The second kappa shape index (κ2) is 4.81. The van der Waals surface area contributed by atoms with Crippen molar-refractivity contribution >= 4 is 17.1 Å². The molecule has 0 spiro atoms. The zero-order valence-electron chi connectivity index (χ0n) is 10.7. The predicted molar refractivity (Wildman–Crippen MR) is 71.8 cm³/mol. The van der Waals surface area contributed by atoms with Crippen LogP contribution in [0.4, 0.5) is 17.1 Å². The number of anilines is 2. The Bertz CT molecular complexity index is 461. The van der Waals surface area contributed by atoms with Gasteiger partial charge in [0.15, 0.2) is 0 Å². The minimum absolute atomic E-state index is 0.0920. The summed E-state index contributed by atoms with van der Waals surface area (Å²) in [5.74, 6) is 0. The fourth-order valence-corrected chi connectivity index (χ4v) is 2.34. The molecule has 1 aliphatic rings. The molecule has 1 atom stereocenters. The highest BCUT2D eigenvalue weighted by atomic mass is 16.6. The van der Waals surface area contributed by atoms with E-state index in [2.05, 4.69) is 9.80 Å². The topological polar surface area (TPSA) is 75.6 Å². The third-order valence-corrected chi connectivity index (χ3v) is 3.43. The Kier molecular flexibility index (Phi) is 3.38. The molecule has 0 unspecified atom stereocenters. The first-order valence-corrected chi connectivity index (χ1v) is 5.94. The standard InChI is InChI=1S/C12H18N4O2/c1-14(2)10-5-6-15(8-10)11-4-3-9(13)7-12(11)16(17)18/h3-4,7,10H,5-6,8,13H2,1-2H3/t10-/m1/s1. The molecule has 1 aromatic rings. The summed E-state index contributed by atoms with van der Waals surface area (Å²) >= 11 is 0. The lowest BCUT2D eigenvalue weighted by atomic mass is 10.2. The molecule has 1 heterocycles. The molecule has 1 aliphatic heterocycles. The van der Waals surface area contributed by atoms with Gasteiger partial charge in [0.1, 0.15) is 5.69 Å². The number of nitrogens with two attached hydrogens (primary N) is 1. The van der Waals surface area contributed by atoms with Gasteiger partial charge in [0, 0.05) is 30.9 Å². The normalized spacial score (nSPS) is 19.5. The van der Waals surface area contributed by atoms with E-state index in [4.69, 9.17) is 5.73 Å². The molecule has 2 rings (SSSR count). The number of nitrogen functional groups attached to an aromatic ring is 1. The van der Waals surface area contributed by atoms with Crippen molar-refractivity contribution in [2.45, 2.75) is 12.5 Å². The molecule has 6 heteroatoms. The monoisotopic (exact) mass is 250 g/mol. The number of nitrogens with zero attached hydrogens (tertiary/aromatic N) is 3. The van der Waals surface area contributed by atoms with Gasteiger partial charge in [0.2, 0.25) is 0 Å². The summed E-state index contributed by atoms with van der Waals surface area (Å²) in [5, 5.41) is 11.1.